The summed E-state index contributed by atoms with van der Waals surface area (Å²) in [6.07, 6.45) is 0.729. The van der Waals surface area contributed by atoms with Crippen molar-refractivity contribution in [2.75, 3.05) is 0 Å². The van der Waals surface area contributed by atoms with Crippen LogP contribution in [0.25, 0.3) is 0 Å². The van der Waals surface area contributed by atoms with Crippen LogP contribution in [0, 0.1) is 0 Å². The van der Waals surface area contributed by atoms with Crippen LogP contribution in [0.3, 0.4) is 0 Å². The van der Waals surface area contributed by atoms with Crippen LogP contribution in [0.5, 0.6) is 0 Å². The number of hydrogen-bond donors (Lipinski definition) is 0. The van der Waals surface area contributed by atoms with Gasteiger partial charge in [0.15, 0.2) is 0 Å². The van der Waals surface area contributed by atoms with Crippen molar-refractivity contribution in [1.82, 2.24) is 10.2 Å². The van der Waals surface area contributed by atoms with E-state index in [0.29, 0.717) is 0 Å². The molecule has 0 aliphatic carbocycles. The van der Waals surface area contributed by atoms with E-state index in [4.69, 9.17) is 0 Å². The van der Waals surface area contributed by atoms with E-state index in [0.717, 1.165) is 6.39 Å². The molecule has 0 bridgehead atoms. The van der Waals surface area contributed by atoms with Gasteiger partial charge in [-0.15, -0.1) is 5.10 Å². The molecule has 50 valence electrons. The summed E-state index contributed by atoms with van der Waals surface area (Å²) in [5.74, 6) is 0. The molecule has 1 aromatic heterocycles. The third kappa shape index (κ3) is 1.22. The Morgan fingerprint density at radius 2 is 2.33 bits per heavy atom. The molecule has 0 unspecified atom stereocenters. The molecule has 7 heteroatoms. The second kappa shape index (κ2) is 1.76. The molecule has 0 amide bonds. The fourth-order valence-corrected chi connectivity index (χ4v) is 0.572. The van der Waals surface area contributed by atoms with Gasteiger partial charge >= 0.3 is 15.4 Å². The largest absolute Gasteiger partial charge is 0.413 e. The summed E-state index contributed by atoms with van der Waals surface area (Å²) < 4.78 is 35.4. The highest BCUT2D eigenvalue weighted by molar-refractivity contribution is 7.86. The first kappa shape index (κ1) is 6.14. The Hall–Kier alpha value is -0.980. The van der Waals surface area contributed by atoms with Gasteiger partial charge in [-0.05, 0) is 0 Å². The Morgan fingerprint density at radius 1 is 1.67 bits per heavy atom. The second-order valence-corrected chi connectivity index (χ2v) is 2.37. The van der Waals surface area contributed by atoms with Gasteiger partial charge in [0, 0.05) is 0 Å². The Balaban J connectivity index is 3.20. The standard InChI is InChI=1S/C2HFN2O3S/c3-9(6,7)2-5-4-1-8-2/h1H. The molecule has 0 fully saturated rings. The molecule has 0 aliphatic rings. The quantitative estimate of drug-likeness (QED) is 0.518. The van der Waals surface area contributed by atoms with Crippen molar-refractivity contribution in [3.05, 3.63) is 6.39 Å². The third-order valence-electron chi connectivity index (χ3n) is 0.549. The Morgan fingerprint density at radius 3 is 2.56 bits per heavy atom. The van der Waals surface area contributed by atoms with E-state index in [1.165, 1.54) is 0 Å². The van der Waals surface area contributed by atoms with Gasteiger partial charge in [0.1, 0.15) is 0 Å². The summed E-state index contributed by atoms with van der Waals surface area (Å²) in [7, 11) is -4.80. The zero-order valence-electron chi connectivity index (χ0n) is 3.98. The fraction of sp³-hybridized carbons (Fsp3) is 0. The van der Waals surface area contributed by atoms with Gasteiger partial charge in [0.05, 0.1) is 0 Å². The number of halogens is 1. The lowest BCUT2D eigenvalue weighted by molar-refractivity contribution is 0.415. The maximum Gasteiger partial charge on any atom is 0.387 e. The van der Waals surface area contributed by atoms with Gasteiger partial charge < -0.3 is 4.42 Å². The summed E-state index contributed by atoms with van der Waals surface area (Å²) in [6.45, 7) is 0. The van der Waals surface area contributed by atoms with Crippen LogP contribution in [-0.4, -0.2) is 18.6 Å². The third-order valence-corrected chi connectivity index (χ3v) is 1.14. The molecule has 0 aliphatic heterocycles. The van der Waals surface area contributed by atoms with E-state index in [9.17, 15) is 12.3 Å². The summed E-state index contributed by atoms with van der Waals surface area (Å²) in [5, 5.41) is 4.75. The van der Waals surface area contributed by atoms with Gasteiger partial charge in [0.25, 0.3) is 0 Å². The summed E-state index contributed by atoms with van der Waals surface area (Å²) in [4.78, 5) is 0. The fourth-order valence-electron chi connectivity index (χ4n) is 0.269. The first-order valence-electron chi connectivity index (χ1n) is 1.81. The molecular weight excluding hydrogens is 151 g/mol. The van der Waals surface area contributed by atoms with E-state index in [1.807, 2.05) is 0 Å². The van der Waals surface area contributed by atoms with Crippen LogP contribution in [-0.2, 0) is 10.2 Å². The molecule has 1 aromatic rings. The van der Waals surface area contributed by atoms with E-state index >= 15 is 0 Å². The molecule has 1 heterocycles. The minimum atomic E-state index is -4.80. The van der Waals surface area contributed by atoms with Crippen LogP contribution in [0.15, 0.2) is 16.0 Å². The zero-order chi connectivity index (χ0) is 6.91. The predicted octanol–water partition coefficient (Wildman–Crippen LogP) is -0.272. The minimum Gasteiger partial charge on any atom is -0.413 e. The van der Waals surface area contributed by atoms with Gasteiger partial charge in [-0.25, -0.2) is 0 Å². The average molecular weight is 152 g/mol. The maximum absolute atomic E-state index is 11.7. The molecule has 1 rings (SSSR count). The number of nitrogens with zero attached hydrogens (tertiary/aromatic N) is 2. The smallest absolute Gasteiger partial charge is 0.387 e. The van der Waals surface area contributed by atoms with Crippen LogP contribution < -0.4 is 0 Å². The van der Waals surface area contributed by atoms with Gasteiger partial charge in [-0.3, -0.25) is 0 Å². The zero-order valence-corrected chi connectivity index (χ0v) is 4.80. The normalized spacial score (nSPS) is 11.7. The van der Waals surface area contributed by atoms with Crippen molar-refractivity contribution in [1.29, 1.82) is 0 Å². The van der Waals surface area contributed by atoms with Gasteiger partial charge in [-0.2, -0.15) is 8.42 Å². The van der Waals surface area contributed by atoms with Crippen molar-refractivity contribution < 1.29 is 16.7 Å². The van der Waals surface area contributed by atoms with E-state index in [2.05, 4.69) is 14.6 Å². The molecule has 5 nitrogen and oxygen atoms in total. The lowest BCUT2D eigenvalue weighted by Gasteiger charge is -1.77. The molecule has 0 radical (unpaired) electrons. The minimum absolute atomic E-state index is 0.729. The predicted molar refractivity (Wildman–Crippen MR) is 22.6 cm³/mol. The van der Waals surface area contributed by atoms with Crippen molar-refractivity contribution in [2.45, 2.75) is 5.22 Å². The SMILES string of the molecule is O=S(=O)(F)c1nnco1. The first-order valence-corrected chi connectivity index (χ1v) is 3.20. The number of aromatic nitrogens is 2. The molecule has 0 saturated heterocycles. The average Bonchev–Trinajstić information content (AvgIpc) is 2.08. The maximum atomic E-state index is 11.7. The Labute approximate surface area is 49.7 Å². The van der Waals surface area contributed by atoms with E-state index in [1.54, 1.807) is 0 Å². The summed E-state index contributed by atoms with van der Waals surface area (Å²) in [6, 6.07) is 0. The molecule has 0 N–H and O–H groups in total. The summed E-state index contributed by atoms with van der Waals surface area (Å²) >= 11 is 0. The summed E-state index contributed by atoms with van der Waals surface area (Å²) in [5.41, 5.74) is 0. The highest BCUT2D eigenvalue weighted by atomic mass is 32.3. The Bertz CT molecular complexity index is 277. The van der Waals surface area contributed by atoms with Crippen molar-refractivity contribution in [3.8, 4) is 0 Å². The topological polar surface area (TPSA) is 73.1 Å². The number of hydrogen-bond acceptors (Lipinski definition) is 5. The van der Waals surface area contributed by atoms with Crippen LogP contribution in [0.2, 0.25) is 0 Å². The lowest BCUT2D eigenvalue weighted by atomic mass is 11.5. The van der Waals surface area contributed by atoms with Crippen LogP contribution in [0.1, 0.15) is 0 Å². The molecule has 0 atom stereocenters. The second-order valence-electron chi connectivity index (χ2n) is 1.14. The molecule has 0 spiro atoms. The highest BCUT2D eigenvalue weighted by Gasteiger charge is 2.17. The van der Waals surface area contributed by atoms with Crippen LogP contribution in [0.4, 0.5) is 3.89 Å². The van der Waals surface area contributed by atoms with Crippen molar-refractivity contribution in [2.24, 2.45) is 0 Å². The van der Waals surface area contributed by atoms with Crippen molar-refractivity contribution in [3.63, 3.8) is 0 Å². The van der Waals surface area contributed by atoms with E-state index < -0.39 is 15.4 Å². The van der Waals surface area contributed by atoms with Crippen molar-refractivity contribution >= 4 is 10.2 Å². The van der Waals surface area contributed by atoms with Gasteiger partial charge in [0.2, 0.25) is 6.39 Å². The van der Waals surface area contributed by atoms with E-state index in [-0.39, 0.29) is 0 Å². The first-order chi connectivity index (χ1) is 4.11. The molecule has 0 aromatic carbocycles. The monoisotopic (exact) mass is 152 g/mol. The Kier molecular flexibility index (Phi) is 1.20. The molecular formula is C2HFN2O3S. The van der Waals surface area contributed by atoms with Gasteiger partial charge in [-0.1, -0.05) is 8.98 Å². The molecule has 0 saturated carbocycles. The lowest BCUT2D eigenvalue weighted by Crippen LogP contribution is -1.90. The van der Waals surface area contributed by atoms with Crippen LogP contribution >= 0.6 is 0 Å². The number of rotatable bonds is 1. The highest BCUT2D eigenvalue weighted by Crippen LogP contribution is 2.04. The molecule has 9 heavy (non-hydrogen) atoms.